The first kappa shape index (κ1) is 20.5. The molecule has 2 aliphatic heterocycles. The number of aromatic nitrogens is 1. The van der Waals surface area contributed by atoms with Crippen LogP contribution in [-0.2, 0) is 6.54 Å². The Morgan fingerprint density at radius 2 is 1.76 bits per heavy atom. The van der Waals surface area contributed by atoms with Gasteiger partial charge in [-0.2, -0.15) is 0 Å². The van der Waals surface area contributed by atoms with Gasteiger partial charge in [-0.15, -0.1) is 0 Å². The normalized spacial score (nSPS) is 16.5. The summed E-state index contributed by atoms with van der Waals surface area (Å²) in [7, 11) is 0. The van der Waals surface area contributed by atoms with E-state index in [4.69, 9.17) is 4.42 Å². The summed E-state index contributed by atoms with van der Waals surface area (Å²) in [4.78, 5) is 45.2. The minimum absolute atomic E-state index is 0.0734. The van der Waals surface area contributed by atoms with Crippen molar-refractivity contribution < 1.29 is 18.8 Å². The number of fused-ring (bicyclic) bond motifs is 2. The smallest absolute Gasteiger partial charge is 0.261 e. The number of aromatic amines is 1. The second kappa shape index (κ2) is 8.02. The molecular weight excluding hydrogens is 430 g/mol. The average Bonchev–Trinajstić information content (AvgIpc) is 3.60. The molecule has 2 aromatic heterocycles. The molecule has 4 heterocycles. The van der Waals surface area contributed by atoms with E-state index in [0.29, 0.717) is 35.9 Å². The fraction of sp³-hybridized carbons (Fsp3) is 0.222. The second-order valence-electron chi connectivity index (χ2n) is 8.89. The molecule has 34 heavy (non-hydrogen) atoms. The summed E-state index contributed by atoms with van der Waals surface area (Å²) >= 11 is 0. The first-order valence-electron chi connectivity index (χ1n) is 11.5. The van der Waals surface area contributed by atoms with Gasteiger partial charge in [-0.3, -0.25) is 19.3 Å². The fourth-order valence-corrected chi connectivity index (χ4v) is 5.13. The maximum Gasteiger partial charge on any atom is 0.261 e. The minimum atomic E-state index is -0.399. The van der Waals surface area contributed by atoms with Gasteiger partial charge in [0.25, 0.3) is 17.7 Å². The van der Waals surface area contributed by atoms with Crippen molar-refractivity contribution in [3.63, 3.8) is 0 Å². The number of carbonyl (C=O) groups is 3. The molecule has 170 valence electrons. The molecule has 1 saturated heterocycles. The van der Waals surface area contributed by atoms with E-state index in [2.05, 4.69) is 23.3 Å². The van der Waals surface area contributed by atoms with Gasteiger partial charge in [0, 0.05) is 35.8 Å². The minimum Gasteiger partial charge on any atom is -0.467 e. The number of rotatable bonds is 4. The van der Waals surface area contributed by atoms with Gasteiger partial charge < -0.3 is 14.3 Å². The maximum atomic E-state index is 13.2. The lowest BCUT2D eigenvalue weighted by Gasteiger charge is -2.32. The van der Waals surface area contributed by atoms with Crippen LogP contribution in [0.15, 0.2) is 71.5 Å². The van der Waals surface area contributed by atoms with Crippen LogP contribution in [0.4, 0.5) is 0 Å². The lowest BCUT2D eigenvalue weighted by atomic mass is 9.89. The van der Waals surface area contributed by atoms with Crippen LogP contribution in [0.3, 0.4) is 0 Å². The summed E-state index contributed by atoms with van der Waals surface area (Å²) in [6.07, 6.45) is 5.36. The van der Waals surface area contributed by atoms with Gasteiger partial charge in [0.1, 0.15) is 5.76 Å². The van der Waals surface area contributed by atoms with Crippen LogP contribution in [0.1, 0.15) is 61.2 Å². The molecule has 0 bridgehead atoms. The largest absolute Gasteiger partial charge is 0.467 e. The number of nitrogens with zero attached hydrogens (tertiary/aromatic N) is 2. The molecular formula is C27H23N3O4. The number of amides is 3. The number of hydrogen-bond donors (Lipinski definition) is 1. The zero-order valence-corrected chi connectivity index (χ0v) is 18.5. The highest BCUT2D eigenvalue weighted by Crippen LogP contribution is 2.34. The molecule has 0 unspecified atom stereocenters. The summed E-state index contributed by atoms with van der Waals surface area (Å²) in [6.45, 7) is 1.37. The predicted octanol–water partition coefficient (Wildman–Crippen LogP) is 4.58. The first-order valence-corrected chi connectivity index (χ1v) is 11.5. The van der Waals surface area contributed by atoms with Gasteiger partial charge >= 0.3 is 0 Å². The zero-order valence-electron chi connectivity index (χ0n) is 18.5. The summed E-state index contributed by atoms with van der Waals surface area (Å²) in [5.74, 6) is 0.0578. The number of hydrogen-bond acceptors (Lipinski definition) is 4. The fourth-order valence-electron chi connectivity index (χ4n) is 5.13. The van der Waals surface area contributed by atoms with Crippen LogP contribution in [0, 0.1) is 0 Å². The van der Waals surface area contributed by atoms with Crippen molar-refractivity contribution in [2.45, 2.75) is 25.3 Å². The van der Waals surface area contributed by atoms with E-state index in [1.54, 1.807) is 30.3 Å². The van der Waals surface area contributed by atoms with E-state index >= 15 is 0 Å². The monoisotopic (exact) mass is 453 g/mol. The van der Waals surface area contributed by atoms with Crippen molar-refractivity contribution in [2.75, 3.05) is 13.1 Å². The zero-order chi connectivity index (χ0) is 23.2. The topological polar surface area (TPSA) is 86.6 Å². The number of para-hydroxylation sites is 1. The molecule has 7 nitrogen and oxygen atoms in total. The van der Waals surface area contributed by atoms with Crippen LogP contribution in [0.2, 0.25) is 0 Å². The number of carbonyl (C=O) groups excluding carboxylic acids is 3. The molecule has 0 saturated carbocycles. The predicted molar refractivity (Wildman–Crippen MR) is 126 cm³/mol. The maximum absolute atomic E-state index is 13.2. The molecule has 6 rings (SSSR count). The Morgan fingerprint density at radius 1 is 0.971 bits per heavy atom. The van der Waals surface area contributed by atoms with Crippen molar-refractivity contribution in [1.82, 2.24) is 14.8 Å². The van der Waals surface area contributed by atoms with E-state index in [0.717, 1.165) is 23.3 Å². The molecule has 1 fully saturated rings. The van der Waals surface area contributed by atoms with Gasteiger partial charge in [0.05, 0.1) is 23.9 Å². The standard InChI is InChI=1S/C27H23N3O4/c31-25(29-11-9-17(10-12-29)23-15-28-24-6-2-1-5-20(23)24)18-7-8-21-22(14-18)27(33)30(26(21)32)16-19-4-3-13-34-19/h1-8,13-15,17,28H,9-12,16H2. The molecule has 1 N–H and O–H groups in total. The molecule has 0 aliphatic carbocycles. The highest BCUT2D eigenvalue weighted by atomic mass is 16.3. The van der Waals surface area contributed by atoms with Crippen molar-refractivity contribution >= 4 is 28.6 Å². The molecule has 2 aromatic carbocycles. The highest BCUT2D eigenvalue weighted by Gasteiger charge is 2.37. The van der Waals surface area contributed by atoms with E-state index in [-0.39, 0.29) is 23.9 Å². The van der Waals surface area contributed by atoms with Gasteiger partial charge in [-0.05, 0) is 60.7 Å². The highest BCUT2D eigenvalue weighted by molar-refractivity contribution is 6.22. The van der Waals surface area contributed by atoms with E-state index in [1.165, 1.54) is 17.2 Å². The lowest BCUT2D eigenvalue weighted by molar-refractivity contribution is 0.0631. The first-order chi connectivity index (χ1) is 16.6. The van der Waals surface area contributed by atoms with Gasteiger partial charge in [0.15, 0.2) is 0 Å². The molecule has 3 amide bonds. The van der Waals surface area contributed by atoms with Crippen LogP contribution in [0.25, 0.3) is 10.9 Å². The third-order valence-electron chi connectivity index (χ3n) is 6.95. The van der Waals surface area contributed by atoms with Gasteiger partial charge in [-0.1, -0.05) is 18.2 Å². The van der Waals surface area contributed by atoms with Crippen LogP contribution in [0.5, 0.6) is 0 Å². The van der Waals surface area contributed by atoms with Crippen LogP contribution < -0.4 is 0 Å². The lowest BCUT2D eigenvalue weighted by Crippen LogP contribution is -2.38. The second-order valence-corrected chi connectivity index (χ2v) is 8.89. The van der Waals surface area contributed by atoms with Crippen molar-refractivity contribution in [1.29, 1.82) is 0 Å². The molecule has 0 atom stereocenters. The summed E-state index contributed by atoms with van der Waals surface area (Å²) in [5, 5.41) is 1.24. The van der Waals surface area contributed by atoms with Crippen molar-refractivity contribution in [2.24, 2.45) is 0 Å². The van der Waals surface area contributed by atoms with Gasteiger partial charge in [-0.25, -0.2) is 0 Å². The molecule has 4 aromatic rings. The summed E-state index contributed by atoms with van der Waals surface area (Å²) in [5.41, 5.74) is 3.47. The van der Waals surface area contributed by atoms with E-state index in [1.807, 2.05) is 17.0 Å². The van der Waals surface area contributed by atoms with Crippen LogP contribution >= 0.6 is 0 Å². The Balaban J connectivity index is 1.17. The third-order valence-corrected chi connectivity index (χ3v) is 6.95. The van der Waals surface area contributed by atoms with Crippen LogP contribution in [-0.4, -0.2) is 45.6 Å². The number of likely N-dealkylation sites (tertiary alicyclic amines) is 1. The molecule has 0 spiro atoms. The summed E-state index contributed by atoms with van der Waals surface area (Å²) < 4.78 is 5.28. The third kappa shape index (κ3) is 3.32. The number of H-pyrrole nitrogens is 1. The Labute approximate surface area is 196 Å². The van der Waals surface area contributed by atoms with Crippen molar-refractivity contribution in [3.8, 4) is 0 Å². The number of piperidine rings is 1. The number of imide groups is 1. The SMILES string of the molecule is O=C(c1ccc2c(c1)C(=O)N(Cc1ccco1)C2=O)N1CCC(c2c[nH]c3ccccc23)CC1. The Hall–Kier alpha value is -4.13. The van der Waals surface area contributed by atoms with Gasteiger partial charge in [0.2, 0.25) is 0 Å². The Bertz CT molecular complexity index is 1410. The number of nitrogens with one attached hydrogen (secondary N) is 1. The number of furan rings is 1. The van der Waals surface area contributed by atoms with Crippen molar-refractivity contribution in [3.05, 3.63) is 95.1 Å². The summed E-state index contributed by atoms with van der Waals surface area (Å²) in [6, 6.07) is 16.5. The van der Waals surface area contributed by atoms with E-state index in [9.17, 15) is 14.4 Å². The Morgan fingerprint density at radius 3 is 2.56 bits per heavy atom. The Kier molecular flexibility index (Phi) is 4.83. The average molecular weight is 453 g/mol. The molecule has 2 aliphatic rings. The molecule has 7 heteroatoms. The number of benzene rings is 2. The molecule has 0 radical (unpaired) electrons. The quantitative estimate of drug-likeness (QED) is 0.459. The van der Waals surface area contributed by atoms with E-state index < -0.39 is 5.91 Å².